The fourth-order valence-corrected chi connectivity index (χ4v) is 4.18. The monoisotopic (exact) mass is 415 g/mol. The van der Waals surface area contributed by atoms with Crippen LogP contribution in [0.4, 0.5) is 5.69 Å². The third kappa shape index (κ3) is 4.32. The standard InChI is InChI=1S/C24H29N7/c1-30(2)24-14-25-9-8-21(24)23-16-31(29-28-23)15-18-6-7-19-11-20(27-22(19)10-18)13-26-12-17-4-3-5-17/h6-11,14,16-17,26-27H,3-5,12-13,15H2,1-2H3. The average molecular weight is 416 g/mol. The van der Waals surface area contributed by atoms with E-state index >= 15 is 0 Å². The van der Waals surface area contributed by atoms with Crippen LogP contribution in [0.25, 0.3) is 22.2 Å². The summed E-state index contributed by atoms with van der Waals surface area (Å²) in [4.78, 5) is 9.83. The lowest BCUT2D eigenvalue weighted by Gasteiger charge is -2.25. The Bertz CT molecular complexity index is 1170. The second-order valence-corrected chi connectivity index (χ2v) is 8.73. The van der Waals surface area contributed by atoms with Crippen molar-refractivity contribution >= 4 is 16.6 Å². The van der Waals surface area contributed by atoms with Gasteiger partial charge in [-0.05, 0) is 54.5 Å². The molecule has 1 aliphatic rings. The summed E-state index contributed by atoms with van der Waals surface area (Å²) in [6.07, 6.45) is 9.80. The Hall–Kier alpha value is -3.19. The van der Waals surface area contributed by atoms with Crippen molar-refractivity contribution in [3.05, 3.63) is 60.2 Å². The molecule has 7 nitrogen and oxygen atoms in total. The first-order valence-corrected chi connectivity index (χ1v) is 11.0. The molecule has 7 heteroatoms. The molecule has 3 aromatic heterocycles. The molecular weight excluding hydrogens is 386 g/mol. The predicted molar refractivity (Wildman–Crippen MR) is 124 cm³/mol. The number of benzene rings is 1. The van der Waals surface area contributed by atoms with Crippen molar-refractivity contribution in [3.8, 4) is 11.3 Å². The number of anilines is 1. The Morgan fingerprint density at radius 2 is 2.10 bits per heavy atom. The number of nitrogens with one attached hydrogen (secondary N) is 2. The minimum atomic E-state index is 0.680. The van der Waals surface area contributed by atoms with Crippen LogP contribution < -0.4 is 10.2 Å². The number of pyridine rings is 1. The van der Waals surface area contributed by atoms with Crippen LogP contribution in [0.2, 0.25) is 0 Å². The molecule has 0 atom stereocenters. The van der Waals surface area contributed by atoms with Crippen molar-refractivity contribution in [2.24, 2.45) is 5.92 Å². The van der Waals surface area contributed by atoms with Crippen LogP contribution >= 0.6 is 0 Å². The molecule has 1 aliphatic carbocycles. The normalized spacial score (nSPS) is 14.1. The van der Waals surface area contributed by atoms with Crippen LogP contribution in [-0.2, 0) is 13.1 Å². The summed E-state index contributed by atoms with van der Waals surface area (Å²) < 4.78 is 1.89. The molecule has 0 bridgehead atoms. The van der Waals surface area contributed by atoms with E-state index in [1.807, 2.05) is 42.1 Å². The Morgan fingerprint density at radius 3 is 2.90 bits per heavy atom. The second kappa shape index (κ2) is 8.51. The molecular formula is C24H29N7. The van der Waals surface area contributed by atoms with Gasteiger partial charge in [0.2, 0.25) is 0 Å². The van der Waals surface area contributed by atoms with Gasteiger partial charge in [0, 0.05) is 43.6 Å². The van der Waals surface area contributed by atoms with Gasteiger partial charge in [0.25, 0.3) is 0 Å². The van der Waals surface area contributed by atoms with Gasteiger partial charge in [0.15, 0.2) is 0 Å². The van der Waals surface area contributed by atoms with Crippen molar-refractivity contribution in [2.75, 3.05) is 25.5 Å². The van der Waals surface area contributed by atoms with Gasteiger partial charge in [-0.25, -0.2) is 4.68 Å². The molecule has 0 amide bonds. The largest absolute Gasteiger partial charge is 0.376 e. The number of H-pyrrole nitrogens is 1. The summed E-state index contributed by atoms with van der Waals surface area (Å²) in [5.74, 6) is 0.879. The zero-order valence-electron chi connectivity index (χ0n) is 18.2. The molecule has 0 saturated heterocycles. The maximum atomic E-state index is 4.39. The van der Waals surface area contributed by atoms with Gasteiger partial charge in [0.05, 0.1) is 24.6 Å². The van der Waals surface area contributed by atoms with Crippen molar-refractivity contribution in [1.82, 2.24) is 30.3 Å². The Kier molecular flexibility index (Phi) is 5.42. The summed E-state index contributed by atoms with van der Waals surface area (Å²) >= 11 is 0. The third-order valence-electron chi connectivity index (χ3n) is 6.16. The van der Waals surface area contributed by atoms with Crippen molar-refractivity contribution in [3.63, 3.8) is 0 Å². The van der Waals surface area contributed by atoms with Gasteiger partial charge in [-0.1, -0.05) is 23.8 Å². The number of nitrogens with zero attached hydrogens (tertiary/aromatic N) is 5. The summed E-state index contributed by atoms with van der Waals surface area (Å²) in [5, 5.41) is 13.6. The molecule has 0 unspecified atom stereocenters. The summed E-state index contributed by atoms with van der Waals surface area (Å²) in [6, 6.07) is 10.8. The first kappa shape index (κ1) is 19.8. The zero-order chi connectivity index (χ0) is 21.2. The number of fused-ring (bicyclic) bond motifs is 1. The molecule has 0 radical (unpaired) electrons. The number of aromatic nitrogens is 5. The molecule has 31 heavy (non-hydrogen) atoms. The smallest absolute Gasteiger partial charge is 0.115 e. The molecule has 2 N–H and O–H groups in total. The highest BCUT2D eigenvalue weighted by atomic mass is 15.4. The summed E-state index contributed by atoms with van der Waals surface area (Å²) in [5.41, 5.74) is 6.52. The molecule has 5 rings (SSSR count). The molecule has 4 aromatic rings. The van der Waals surface area contributed by atoms with E-state index < -0.39 is 0 Å². The van der Waals surface area contributed by atoms with Crippen molar-refractivity contribution in [2.45, 2.75) is 32.4 Å². The van der Waals surface area contributed by atoms with E-state index in [0.29, 0.717) is 6.54 Å². The zero-order valence-corrected chi connectivity index (χ0v) is 18.2. The summed E-state index contributed by atoms with van der Waals surface area (Å²) in [6.45, 7) is 2.70. The van der Waals surface area contributed by atoms with Gasteiger partial charge in [0.1, 0.15) is 5.69 Å². The number of hydrogen-bond donors (Lipinski definition) is 2. The van der Waals surface area contributed by atoms with E-state index in [4.69, 9.17) is 0 Å². The number of rotatable bonds is 8. The fourth-order valence-electron chi connectivity index (χ4n) is 4.18. The van der Waals surface area contributed by atoms with E-state index in [1.54, 1.807) is 6.20 Å². The maximum Gasteiger partial charge on any atom is 0.115 e. The molecule has 1 saturated carbocycles. The highest BCUT2D eigenvalue weighted by molar-refractivity contribution is 5.81. The van der Waals surface area contributed by atoms with Crippen LogP contribution in [0, 0.1) is 5.92 Å². The van der Waals surface area contributed by atoms with Crippen LogP contribution in [-0.4, -0.2) is 45.6 Å². The summed E-state index contributed by atoms with van der Waals surface area (Å²) in [7, 11) is 4.02. The van der Waals surface area contributed by atoms with Gasteiger partial charge < -0.3 is 15.2 Å². The van der Waals surface area contributed by atoms with Crippen LogP contribution in [0.5, 0.6) is 0 Å². The second-order valence-electron chi connectivity index (χ2n) is 8.73. The van der Waals surface area contributed by atoms with E-state index in [-0.39, 0.29) is 0 Å². The lowest BCUT2D eigenvalue weighted by Crippen LogP contribution is -2.26. The Balaban J connectivity index is 1.28. The lowest BCUT2D eigenvalue weighted by molar-refractivity contribution is 0.301. The van der Waals surface area contributed by atoms with E-state index in [0.717, 1.165) is 36.0 Å². The topological polar surface area (TPSA) is 74.7 Å². The predicted octanol–water partition coefficient (Wildman–Crippen LogP) is 3.83. The SMILES string of the molecule is CN(C)c1cnccc1-c1cn(Cc2ccc3cc(CNCC4CCC4)[nH]c3c2)nn1. The minimum Gasteiger partial charge on any atom is -0.376 e. The van der Waals surface area contributed by atoms with Crippen molar-refractivity contribution < 1.29 is 0 Å². The van der Waals surface area contributed by atoms with Crippen molar-refractivity contribution in [1.29, 1.82) is 0 Å². The Labute approximate surface area is 182 Å². The highest BCUT2D eigenvalue weighted by Crippen LogP contribution is 2.27. The van der Waals surface area contributed by atoms with Crippen LogP contribution in [0.15, 0.2) is 48.9 Å². The van der Waals surface area contributed by atoms with Crippen LogP contribution in [0.1, 0.15) is 30.5 Å². The lowest BCUT2D eigenvalue weighted by atomic mass is 9.85. The van der Waals surface area contributed by atoms with E-state index in [1.165, 1.54) is 41.4 Å². The molecule has 3 heterocycles. The third-order valence-corrected chi connectivity index (χ3v) is 6.16. The quantitative estimate of drug-likeness (QED) is 0.458. The minimum absolute atomic E-state index is 0.680. The highest BCUT2D eigenvalue weighted by Gasteiger charge is 2.16. The van der Waals surface area contributed by atoms with Gasteiger partial charge >= 0.3 is 0 Å². The van der Waals surface area contributed by atoms with E-state index in [2.05, 4.69) is 49.9 Å². The first-order chi connectivity index (χ1) is 15.2. The molecule has 1 fully saturated rings. The average Bonchev–Trinajstić information content (AvgIpc) is 3.36. The molecule has 0 spiro atoms. The number of aromatic amines is 1. The Morgan fingerprint density at radius 1 is 1.19 bits per heavy atom. The molecule has 160 valence electrons. The number of hydrogen-bond acceptors (Lipinski definition) is 5. The molecule has 1 aromatic carbocycles. The van der Waals surface area contributed by atoms with Gasteiger partial charge in [-0.3, -0.25) is 4.98 Å². The van der Waals surface area contributed by atoms with Gasteiger partial charge in [-0.2, -0.15) is 0 Å². The maximum absolute atomic E-state index is 4.39. The molecule has 0 aliphatic heterocycles. The fraction of sp³-hybridized carbons (Fsp3) is 0.375. The van der Waals surface area contributed by atoms with E-state index in [9.17, 15) is 0 Å². The van der Waals surface area contributed by atoms with Crippen LogP contribution in [0.3, 0.4) is 0 Å². The first-order valence-electron chi connectivity index (χ1n) is 11.0. The van der Waals surface area contributed by atoms with Gasteiger partial charge in [-0.15, -0.1) is 5.10 Å².